The van der Waals surface area contributed by atoms with E-state index in [-0.39, 0.29) is 6.61 Å². The average Bonchev–Trinajstić information content (AvgIpc) is 2.37. The molecule has 17 heavy (non-hydrogen) atoms. The first-order valence-electron chi connectivity index (χ1n) is 5.21. The summed E-state index contributed by atoms with van der Waals surface area (Å²) < 4.78 is 17.0. The molecule has 0 spiro atoms. The first kappa shape index (κ1) is 12.5. The van der Waals surface area contributed by atoms with E-state index < -0.39 is 6.04 Å². The molecule has 0 radical (unpaired) electrons. The molecule has 0 amide bonds. The van der Waals surface area contributed by atoms with Gasteiger partial charge < -0.3 is 25.1 Å². The summed E-state index contributed by atoms with van der Waals surface area (Å²) in [4.78, 5) is 0. The molecule has 1 aliphatic heterocycles. The van der Waals surface area contributed by atoms with E-state index in [1.54, 1.807) is 13.2 Å². The standard InChI is InChI=1S/C11H14BrNO4/c1-15-10-6(7(13)5-14)4-8-11(9(10)12)17-3-2-16-8/h4,7,14H,2-3,5,13H2,1H3. The Morgan fingerprint density at radius 2 is 2.24 bits per heavy atom. The van der Waals surface area contributed by atoms with Crippen molar-refractivity contribution in [3.63, 3.8) is 0 Å². The molecule has 5 nitrogen and oxygen atoms in total. The van der Waals surface area contributed by atoms with Gasteiger partial charge in [-0.25, -0.2) is 0 Å². The van der Waals surface area contributed by atoms with Crippen LogP contribution in [0, 0.1) is 0 Å². The summed E-state index contributed by atoms with van der Waals surface area (Å²) in [6, 6.07) is 1.23. The Kier molecular flexibility index (Phi) is 3.76. The molecule has 1 unspecified atom stereocenters. The summed E-state index contributed by atoms with van der Waals surface area (Å²) in [7, 11) is 1.55. The molecule has 1 heterocycles. The van der Waals surface area contributed by atoms with E-state index in [9.17, 15) is 0 Å². The predicted molar refractivity (Wildman–Crippen MR) is 65.7 cm³/mol. The molecule has 0 fully saturated rings. The lowest BCUT2D eigenvalue weighted by Gasteiger charge is -2.24. The Morgan fingerprint density at radius 1 is 1.53 bits per heavy atom. The maximum absolute atomic E-state index is 9.14. The summed E-state index contributed by atoms with van der Waals surface area (Å²) in [6.45, 7) is 0.835. The number of rotatable bonds is 3. The van der Waals surface area contributed by atoms with Gasteiger partial charge in [-0.15, -0.1) is 0 Å². The van der Waals surface area contributed by atoms with Crippen molar-refractivity contribution in [3.8, 4) is 17.2 Å². The van der Waals surface area contributed by atoms with Crippen LogP contribution in [0.15, 0.2) is 10.5 Å². The molecule has 0 aliphatic carbocycles. The van der Waals surface area contributed by atoms with E-state index in [0.29, 0.717) is 40.5 Å². The second-order valence-electron chi connectivity index (χ2n) is 3.63. The smallest absolute Gasteiger partial charge is 0.179 e. The first-order chi connectivity index (χ1) is 8.19. The van der Waals surface area contributed by atoms with Crippen LogP contribution in [0.4, 0.5) is 0 Å². The average molecular weight is 304 g/mol. The van der Waals surface area contributed by atoms with Gasteiger partial charge in [-0.2, -0.15) is 0 Å². The zero-order valence-corrected chi connectivity index (χ0v) is 11.0. The highest BCUT2D eigenvalue weighted by atomic mass is 79.9. The molecular formula is C11H14BrNO4. The molecule has 1 aliphatic rings. The number of halogens is 1. The number of nitrogens with two attached hydrogens (primary N) is 1. The van der Waals surface area contributed by atoms with Gasteiger partial charge in [0.15, 0.2) is 11.5 Å². The molecule has 6 heteroatoms. The number of aliphatic hydroxyl groups is 1. The zero-order chi connectivity index (χ0) is 12.4. The highest BCUT2D eigenvalue weighted by Gasteiger charge is 2.24. The molecule has 0 saturated carbocycles. The highest BCUT2D eigenvalue weighted by molar-refractivity contribution is 9.10. The summed E-state index contributed by atoms with van der Waals surface area (Å²) in [6.07, 6.45) is 0. The fraction of sp³-hybridized carbons (Fsp3) is 0.455. The Labute approximate surface area is 108 Å². The fourth-order valence-electron chi connectivity index (χ4n) is 1.73. The molecule has 94 valence electrons. The molecule has 0 bridgehead atoms. The Hall–Kier alpha value is -0.980. The van der Waals surface area contributed by atoms with Crippen molar-refractivity contribution in [3.05, 3.63) is 16.1 Å². The molecule has 1 aromatic rings. The molecule has 3 N–H and O–H groups in total. The topological polar surface area (TPSA) is 73.9 Å². The lowest BCUT2D eigenvalue weighted by molar-refractivity contribution is 0.168. The van der Waals surface area contributed by atoms with Crippen LogP contribution in [-0.4, -0.2) is 32.0 Å². The zero-order valence-electron chi connectivity index (χ0n) is 9.40. The third-order valence-electron chi connectivity index (χ3n) is 2.56. The SMILES string of the molecule is COc1c(C(N)CO)cc2c(c1Br)OCCO2. The van der Waals surface area contributed by atoms with Crippen LogP contribution in [0.5, 0.6) is 17.2 Å². The Bertz CT molecular complexity index is 424. The van der Waals surface area contributed by atoms with E-state index in [0.717, 1.165) is 0 Å². The number of hydrogen-bond acceptors (Lipinski definition) is 5. The maximum Gasteiger partial charge on any atom is 0.179 e. The Morgan fingerprint density at radius 3 is 2.88 bits per heavy atom. The second kappa shape index (κ2) is 5.12. The van der Waals surface area contributed by atoms with Crippen LogP contribution in [0.25, 0.3) is 0 Å². The number of fused-ring (bicyclic) bond motifs is 1. The van der Waals surface area contributed by atoms with Gasteiger partial charge >= 0.3 is 0 Å². The molecule has 1 atom stereocenters. The van der Waals surface area contributed by atoms with Gasteiger partial charge in [-0.05, 0) is 22.0 Å². The number of methoxy groups -OCH3 is 1. The van der Waals surface area contributed by atoms with Crippen molar-refractivity contribution < 1.29 is 19.3 Å². The lowest BCUT2D eigenvalue weighted by Crippen LogP contribution is -2.19. The van der Waals surface area contributed by atoms with Crippen LogP contribution < -0.4 is 19.9 Å². The number of hydrogen-bond donors (Lipinski definition) is 2. The van der Waals surface area contributed by atoms with Crippen LogP contribution in [-0.2, 0) is 0 Å². The van der Waals surface area contributed by atoms with Gasteiger partial charge in [-0.3, -0.25) is 0 Å². The van der Waals surface area contributed by atoms with Gasteiger partial charge in [0.25, 0.3) is 0 Å². The molecule has 0 saturated heterocycles. The molecule has 1 aromatic carbocycles. The minimum atomic E-state index is -0.517. The monoisotopic (exact) mass is 303 g/mol. The van der Waals surface area contributed by atoms with Gasteiger partial charge in [0.05, 0.1) is 19.8 Å². The van der Waals surface area contributed by atoms with Crippen molar-refractivity contribution >= 4 is 15.9 Å². The molecular weight excluding hydrogens is 290 g/mol. The molecule has 0 aromatic heterocycles. The predicted octanol–water partition coefficient (Wildman–Crippen LogP) is 1.22. The summed E-state index contributed by atoms with van der Waals surface area (Å²) in [5.41, 5.74) is 6.51. The van der Waals surface area contributed by atoms with Gasteiger partial charge in [-0.1, -0.05) is 0 Å². The largest absolute Gasteiger partial charge is 0.495 e. The van der Waals surface area contributed by atoms with Crippen molar-refractivity contribution in [1.82, 2.24) is 0 Å². The van der Waals surface area contributed by atoms with Crippen LogP contribution >= 0.6 is 15.9 Å². The Balaban J connectivity index is 2.55. The summed E-state index contributed by atoms with van der Waals surface area (Å²) in [5.74, 6) is 1.79. The van der Waals surface area contributed by atoms with E-state index in [1.165, 1.54) is 0 Å². The van der Waals surface area contributed by atoms with Crippen molar-refractivity contribution in [2.75, 3.05) is 26.9 Å². The highest BCUT2D eigenvalue weighted by Crippen LogP contribution is 2.46. The molecule has 2 rings (SSSR count). The summed E-state index contributed by atoms with van der Waals surface area (Å²) >= 11 is 3.41. The fourth-order valence-corrected chi connectivity index (χ4v) is 2.43. The maximum atomic E-state index is 9.14. The van der Waals surface area contributed by atoms with E-state index in [4.69, 9.17) is 25.1 Å². The normalized spacial score (nSPS) is 15.5. The quantitative estimate of drug-likeness (QED) is 0.878. The van der Waals surface area contributed by atoms with Crippen LogP contribution in [0.3, 0.4) is 0 Å². The third kappa shape index (κ3) is 2.20. The van der Waals surface area contributed by atoms with Crippen LogP contribution in [0.1, 0.15) is 11.6 Å². The van der Waals surface area contributed by atoms with Crippen molar-refractivity contribution in [2.45, 2.75) is 6.04 Å². The van der Waals surface area contributed by atoms with Gasteiger partial charge in [0, 0.05) is 5.56 Å². The summed E-state index contributed by atoms with van der Waals surface area (Å²) in [5, 5.41) is 9.14. The van der Waals surface area contributed by atoms with Gasteiger partial charge in [0.2, 0.25) is 0 Å². The van der Waals surface area contributed by atoms with Crippen molar-refractivity contribution in [1.29, 1.82) is 0 Å². The van der Waals surface area contributed by atoms with Crippen LogP contribution in [0.2, 0.25) is 0 Å². The first-order valence-corrected chi connectivity index (χ1v) is 6.00. The lowest BCUT2D eigenvalue weighted by atomic mass is 10.1. The van der Waals surface area contributed by atoms with E-state index in [2.05, 4.69) is 15.9 Å². The van der Waals surface area contributed by atoms with E-state index >= 15 is 0 Å². The third-order valence-corrected chi connectivity index (χ3v) is 3.28. The van der Waals surface area contributed by atoms with E-state index in [1.807, 2.05) is 0 Å². The van der Waals surface area contributed by atoms with Crippen molar-refractivity contribution in [2.24, 2.45) is 5.73 Å². The minimum Gasteiger partial charge on any atom is -0.495 e. The van der Waals surface area contributed by atoms with Gasteiger partial charge in [0.1, 0.15) is 23.4 Å². The minimum absolute atomic E-state index is 0.164. The number of aliphatic hydroxyl groups excluding tert-OH is 1. The second-order valence-corrected chi connectivity index (χ2v) is 4.42. The number of ether oxygens (including phenoxy) is 3. The number of benzene rings is 1.